The zero-order valence-corrected chi connectivity index (χ0v) is 16.9. The lowest BCUT2D eigenvalue weighted by atomic mass is 10.0. The molecule has 1 aliphatic rings. The summed E-state index contributed by atoms with van der Waals surface area (Å²) in [5, 5.41) is 4.12. The van der Waals surface area contributed by atoms with E-state index >= 15 is 0 Å². The zero-order chi connectivity index (χ0) is 21.6. The van der Waals surface area contributed by atoms with E-state index < -0.39 is 11.6 Å². The van der Waals surface area contributed by atoms with Crippen molar-refractivity contribution in [3.63, 3.8) is 0 Å². The monoisotopic (exact) mass is 424 g/mol. The molecule has 0 aliphatic carbocycles. The van der Waals surface area contributed by atoms with E-state index in [1.54, 1.807) is 24.4 Å². The molecule has 1 N–H and O–H groups in total. The summed E-state index contributed by atoms with van der Waals surface area (Å²) >= 11 is 0. The first-order valence-corrected chi connectivity index (χ1v) is 10.3. The van der Waals surface area contributed by atoms with Gasteiger partial charge < -0.3 is 10.1 Å². The van der Waals surface area contributed by atoms with Gasteiger partial charge in [0, 0.05) is 29.7 Å². The molecule has 1 fully saturated rings. The van der Waals surface area contributed by atoms with Crippen LogP contribution in [0.5, 0.6) is 0 Å². The maximum atomic E-state index is 13.6. The van der Waals surface area contributed by atoms with Gasteiger partial charge in [-0.25, -0.2) is 13.2 Å². The highest BCUT2D eigenvalue weighted by molar-refractivity contribution is 5.87. The molecule has 2 heterocycles. The standard InChI is InChI=1S/C25H23F3N2O/c26-19-4-9-24(28)18(14-19)2-1-12-29-21-6-8-22(31-16-21)7-3-17-11-13-30-25-10-5-20(27)15-23(17)25/h1-5,7,9-11,13-15,21-22,29H,6,8,12,16H2/b2-1+,7-3+/t21-,22-/m0/s1. The van der Waals surface area contributed by atoms with Crippen molar-refractivity contribution in [1.29, 1.82) is 0 Å². The average Bonchev–Trinajstić information content (AvgIpc) is 2.78. The van der Waals surface area contributed by atoms with E-state index in [1.807, 2.05) is 18.2 Å². The van der Waals surface area contributed by atoms with Crippen LogP contribution in [-0.2, 0) is 4.74 Å². The van der Waals surface area contributed by atoms with Crippen molar-refractivity contribution in [1.82, 2.24) is 10.3 Å². The molecule has 0 saturated carbocycles. The molecular formula is C25H23F3N2O. The Morgan fingerprint density at radius 2 is 1.81 bits per heavy atom. The molecule has 2 aromatic carbocycles. The normalized spacial score (nSPS) is 19.6. The minimum atomic E-state index is -0.460. The van der Waals surface area contributed by atoms with Gasteiger partial charge in [-0.1, -0.05) is 24.3 Å². The second kappa shape index (κ2) is 9.90. The molecule has 0 amide bonds. The van der Waals surface area contributed by atoms with E-state index in [0.717, 1.165) is 41.4 Å². The van der Waals surface area contributed by atoms with Gasteiger partial charge in [0.1, 0.15) is 17.5 Å². The van der Waals surface area contributed by atoms with Gasteiger partial charge in [0.15, 0.2) is 0 Å². The number of halogens is 3. The predicted molar refractivity (Wildman–Crippen MR) is 117 cm³/mol. The maximum absolute atomic E-state index is 13.6. The Balaban J connectivity index is 1.27. The molecule has 3 nitrogen and oxygen atoms in total. The molecule has 6 heteroatoms. The summed E-state index contributed by atoms with van der Waals surface area (Å²) in [5.74, 6) is -1.19. The minimum absolute atomic E-state index is 0.00763. The minimum Gasteiger partial charge on any atom is -0.373 e. The summed E-state index contributed by atoms with van der Waals surface area (Å²) in [7, 11) is 0. The number of hydrogen-bond donors (Lipinski definition) is 1. The van der Waals surface area contributed by atoms with Crippen LogP contribution in [0, 0.1) is 17.5 Å². The van der Waals surface area contributed by atoms with E-state index in [2.05, 4.69) is 10.3 Å². The van der Waals surface area contributed by atoms with Crippen molar-refractivity contribution in [3.8, 4) is 0 Å². The lowest BCUT2D eigenvalue weighted by Gasteiger charge is -2.27. The lowest BCUT2D eigenvalue weighted by Crippen LogP contribution is -2.39. The van der Waals surface area contributed by atoms with Gasteiger partial charge in [-0.3, -0.25) is 4.98 Å². The third-order valence-corrected chi connectivity index (χ3v) is 5.32. The van der Waals surface area contributed by atoms with E-state index in [9.17, 15) is 13.2 Å². The molecule has 160 valence electrons. The van der Waals surface area contributed by atoms with Gasteiger partial charge in [0.2, 0.25) is 0 Å². The molecule has 2 atom stereocenters. The first-order chi connectivity index (χ1) is 15.1. The van der Waals surface area contributed by atoms with Gasteiger partial charge in [0.25, 0.3) is 0 Å². The number of nitrogens with one attached hydrogen (secondary N) is 1. The number of benzene rings is 2. The van der Waals surface area contributed by atoms with Crippen LogP contribution in [0.25, 0.3) is 23.1 Å². The largest absolute Gasteiger partial charge is 0.373 e. The molecule has 3 aromatic rings. The van der Waals surface area contributed by atoms with Gasteiger partial charge in [-0.2, -0.15) is 0 Å². The number of hydrogen-bond acceptors (Lipinski definition) is 3. The van der Waals surface area contributed by atoms with Gasteiger partial charge >= 0.3 is 0 Å². The van der Waals surface area contributed by atoms with Crippen molar-refractivity contribution < 1.29 is 17.9 Å². The van der Waals surface area contributed by atoms with Gasteiger partial charge in [-0.05, 0) is 60.9 Å². The Labute approximate surface area is 179 Å². The predicted octanol–water partition coefficient (Wildman–Crippen LogP) is 5.52. The van der Waals surface area contributed by atoms with Crippen LogP contribution >= 0.6 is 0 Å². The second-order valence-electron chi connectivity index (χ2n) is 7.54. The van der Waals surface area contributed by atoms with Crippen LogP contribution in [0.1, 0.15) is 24.0 Å². The van der Waals surface area contributed by atoms with Crippen LogP contribution in [-0.4, -0.2) is 30.3 Å². The highest BCUT2D eigenvalue weighted by Crippen LogP contribution is 2.21. The summed E-state index contributed by atoms with van der Waals surface area (Å²) in [6.07, 6.45) is 10.8. The van der Waals surface area contributed by atoms with E-state index in [4.69, 9.17) is 4.74 Å². The summed E-state index contributed by atoms with van der Waals surface area (Å²) in [4.78, 5) is 4.27. The van der Waals surface area contributed by atoms with Crippen LogP contribution in [0.15, 0.2) is 60.8 Å². The molecule has 0 radical (unpaired) electrons. The number of aromatic nitrogens is 1. The molecule has 31 heavy (non-hydrogen) atoms. The van der Waals surface area contributed by atoms with E-state index in [-0.39, 0.29) is 23.5 Å². The number of nitrogens with zero attached hydrogens (tertiary/aromatic N) is 1. The Kier molecular flexibility index (Phi) is 6.79. The van der Waals surface area contributed by atoms with E-state index in [0.29, 0.717) is 13.2 Å². The molecule has 1 aliphatic heterocycles. The topological polar surface area (TPSA) is 34.2 Å². The lowest BCUT2D eigenvalue weighted by molar-refractivity contribution is 0.0265. The molecule has 4 rings (SSSR count). The SMILES string of the molecule is Fc1ccc(F)c(/C=C/CN[C@H]2CC[C@H](/C=C/c3ccnc4ccc(F)cc34)OC2)c1. The molecule has 1 saturated heterocycles. The maximum Gasteiger partial charge on any atom is 0.130 e. The summed E-state index contributed by atoms with van der Waals surface area (Å²) in [6.45, 7) is 1.10. The van der Waals surface area contributed by atoms with Crippen LogP contribution in [0.2, 0.25) is 0 Å². The number of ether oxygens (including phenoxy) is 1. The fraction of sp³-hybridized carbons (Fsp3) is 0.240. The third-order valence-electron chi connectivity index (χ3n) is 5.32. The fourth-order valence-electron chi connectivity index (χ4n) is 3.64. The summed E-state index contributed by atoms with van der Waals surface area (Å²) < 4.78 is 46.3. The Hall–Kier alpha value is -2.96. The van der Waals surface area contributed by atoms with Crippen molar-refractivity contribution in [2.45, 2.75) is 25.0 Å². The third kappa shape index (κ3) is 5.60. The highest BCUT2D eigenvalue weighted by atomic mass is 19.1. The van der Waals surface area contributed by atoms with Crippen molar-refractivity contribution in [2.24, 2.45) is 0 Å². The summed E-state index contributed by atoms with van der Waals surface area (Å²) in [5.41, 5.74) is 1.89. The van der Waals surface area contributed by atoms with Gasteiger partial charge in [0.05, 0.1) is 18.2 Å². The Bertz CT molecular complexity index is 1110. The van der Waals surface area contributed by atoms with Crippen LogP contribution in [0.3, 0.4) is 0 Å². The average molecular weight is 424 g/mol. The first-order valence-electron chi connectivity index (χ1n) is 10.3. The van der Waals surface area contributed by atoms with E-state index in [1.165, 1.54) is 18.2 Å². The molecule has 0 spiro atoms. The highest BCUT2D eigenvalue weighted by Gasteiger charge is 2.19. The van der Waals surface area contributed by atoms with Crippen molar-refractivity contribution >= 4 is 23.1 Å². The van der Waals surface area contributed by atoms with Crippen LogP contribution in [0.4, 0.5) is 13.2 Å². The second-order valence-corrected chi connectivity index (χ2v) is 7.54. The van der Waals surface area contributed by atoms with Crippen LogP contribution < -0.4 is 5.32 Å². The molecule has 0 unspecified atom stereocenters. The molecular weight excluding hydrogens is 401 g/mol. The number of rotatable bonds is 6. The zero-order valence-electron chi connectivity index (χ0n) is 16.9. The Morgan fingerprint density at radius 1 is 0.968 bits per heavy atom. The summed E-state index contributed by atoms with van der Waals surface area (Å²) in [6, 6.07) is 10.0. The molecule has 0 bridgehead atoms. The fourth-order valence-corrected chi connectivity index (χ4v) is 3.64. The van der Waals surface area contributed by atoms with Crippen molar-refractivity contribution in [3.05, 3.63) is 89.4 Å². The number of fused-ring (bicyclic) bond motifs is 1. The number of pyridine rings is 1. The van der Waals surface area contributed by atoms with Gasteiger partial charge in [-0.15, -0.1) is 0 Å². The smallest absolute Gasteiger partial charge is 0.130 e. The van der Waals surface area contributed by atoms with Crippen molar-refractivity contribution in [2.75, 3.05) is 13.2 Å². The molecule has 1 aromatic heterocycles. The quantitative estimate of drug-likeness (QED) is 0.566. The Morgan fingerprint density at radius 3 is 2.65 bits per heavy atom. The first kappa shape index (κ1) is 21.3.